The Morgan fingerprint density at radius 3 is 2.54 bits per heavy atom. The Balaban J connectivity index is 1.62. The number of hydrogen-bond acceptors (Lipinski definition) is 5. The number of hydrogen-bond donors (Lipinski definition) is 2. The summed E-state index contributed by atoms with van der Waals surface area (Å²) in [6.07, 6.45) is 0.750. The lowest BCUT2D eigenvalue weighted by molar-refractivity contribution is -0.144. The maximum atomic E-state index is 12.9. The van der Waals surface area contributed by atoms with Crippen molar-refractivity contribution >= 4 is 23.6 Å². The van der Waals surface area contributed by atoms with Crippen molar-refractivity contribution in [2.75, 3.05) is 11.5 Å². The first kappa shape index (κ1) is 18.3. The van der Waals surface area contributed by atoms with Crippen LogP contribution in [0.1, 0.15) is 29.2 Å². The molecule has 8 heteroatoms. The number of carbonyl (C=O) groups excluding carboxylic acids is 1. The Kier molecular flexibility index (Phi) is 5.51. The number of furan rings is 1. The second kappa shape index (κ2) is 7.82. The highest BCUT2D eigenvalue weighted by molar-refractivity contribution is 7.99. The summed E-state index contributed by atoms with van der Waals surface area (Å²) < 4.78 is 23.8. The number of thioether (sulfide) groups is 1. The third kappa shape index (κ3) is 4.19. The van der Waals surface area contributed by atoms with Crippen LogP contribution in [0.3, 0.4) is 0 Å². The van der Waals surface area contributed by atoms with E-state index in [1.165, 1.54) is 30.3 Å². The molecule has 1 aromatic carbocycles. The molecule has 6 nitrogen and oxygen atoms in total. The van der Waals surface area contributed by atoms with Crippen molar-refractivity contribution in [1.29, 1.82) is 0 Å². The second-order valence-electron chi connectivity index (χ2n) is 5.96. The molecule has 0 spiro atoms. The fourth-order valence-electron chi connectivity index (χ4n) is 2.65. The van der Waals surface area contributed by atoms with Gasteiger partial charge in [-0.1, -0.05) is 0 Å². The monoisotopic (exact) mass is 379 g/mol. The molecular weight excluding hydrogens is 361 g/mol. The lowest BCUT2D eigenvalue weighted by atomic mass is 9.92. The molecule has 1 aliphatic heterocycles. The number of aliphatic carboxylic acids is 1. The number of ether oxygens (including phenoxy) is 1. The number of nitrogens with one attached hydrogen (secondary N) is 1. The molecule has 2 heterocycles. The number of halogens is 1. The van der Waals surface area contributed by atoms with Crippen molar-refractivity contribution in [3.05, 3.63) is 53.7 Å². The molecule has 138 valence electrons. The van der Waals surface area contributed by atoms with Gasteiger partial charge in [-0.15, -0.1) is 0 Å². The van der Waals surface area contributed by atoms with E-state index in [2.05, 4.69) is 5.32 Å². The standard InChI is InChI=1S/C18H18FNO5S/c19-12-1-3-13(4-2-12)24-11-14-5-6-15(25-14)16(21)20-18(17(22)23)7-9-26-10-8-18/h1-6H,7-11H2,(H,20,21)(H,22,23). The summed E-state index contributed by atoms with van der Waals surface area (Å²) >= 11 is 1.67. The van der Waals surface area contributed by atoms with Crippen LogP contribution >= 0.6 is 11.8 Å². The summed E-state index contributed by atoms with van der Waals surface area (Å²) in [5, 5.41) is 12.1. The molecule has 26 heavy (non-hydrogen) atoms. The molecule has 1 amide bonds. The molecule has 0 bridgehead atoms. The van der Waals surface area contributed by atoms with Gasteiger partial charge in [0.05, 0.1) is 0 Å². The minimum absolute atomic E-state index is 0.0292. The fraction of sp³-hybridized carbons (Fsp3) is 0.333. The fourth-order valence-corrected chi connectivity index (χ4v) is 3.84. The summed E-state index contributed by atoms with van der Waals surface area (Å²) in [5.41, 5.74) is -1.25. The zero-order valence-electron chi connectivity index (χ0n) is 13.9. The van der Waals surface area contributed by atoms with Gasteiger partial charge in [0, 0.05) is 0 Å². The third-order valence-electron chi connectivity index (χ3n) is 4.19. The molecule has 1 aromatic heterocycles. The normalized spacial score (nSPS) is 16.0. The second-order valence-corrected chi connectivity index (χ2v) is 7.19. The van der Waals surface area contributed by atoms with Gasteiger partial charge >= 0.3 is 5.97 Å². The Morgan fingerprint density at radius 2 is 1.88 bits per heavy atom. The van der Waals surface area contributed by atoms with Crippen LogP contribution in [0.2, 0.25) is 0 Å². The molecule has 0 saturated carbocycles. The predicted molar refractivity (Wildman–Crippen MR) is 93.8 cm³/mol. The average molecular weight is 379 g/mol. The number of benzene rings is 1. The van der Waals surface area contributed by atoms with Gasteiger partial charge < -0.3 is 19.6 Å². The Morgan fingerprint density at radius 1 is 1.19 bits per heavy atom. The van der Waals surface area contributed by atoms with Crippen molar-refractivity contribution in [2.24, 2.45) is 0 Å². The van der Waals surface area contributed by atoms with Gasteiger partial charge in [0.25, 0.3) is 5.91 Å². The molecule has 2 aromatic rings. The van der Waals surface area contributed by atoms with Gasteiger partial charge in [0.1, 0.15) is 29.5 Å². The maximum Gasteiger partial charge on any atom is 0.329 e. The van der Waals surface area contributed by atoms with Crippen molar-refractivity contribution in [3.8, 4) is 5.75 Å². The largest absolute Gasteiger partial charge is 0.486 e. The number of rotatable bonds is 6. The van der Waals surface area contributed by atoms with E-state index in [-0.39, 0.29) is 18.2 Å². The molecule has 0 unspecified atom stereocenters. The van der Waals surface area contributed by atoms with E-state index in [0.29, 0.717) is 35.9 Å². The highest BCUT2D eigenvalue weighted by atomic mass is 32.2. The van der Waals surface area contributed by atoms with Crippen LogP contribution in [0.25, 0.3) is 0 Å². The van der Waals surface area contributed by atoms with Crippen LogP contribution in [-0.2, 0) is 11.4 Å². The first-order chi connectivity index (χ1) is 12.5. The van der Waals surface area contributed by atoms with Crippen LogP contribution in [0.5, 0.6) is 5.75 Å². The van der Waals surface area contributed by atoms with E-state index in [4.69, 9.17) is 9.15 Å². The van der Waals surface area contributed by atoms with Gasteiger partial charge in [-0.25, -0.2) is 9.18 Å². The Bertz CT molecular complexity index is 783. The van der Waals surface area contributed by atoms with Crippen LogP contribution in [0, 0.1) is 5.82 Å². The van der Waals surface area contributed by atoms with E-state index in [1.807, 2.05) is 0 Å². The molecule has 3 rings (SSSR count). The summed E-state index contributed by atoms with van der Waals surface area (Å²) in [6.45, 7) is 0.0691. The SMILES string of the molecule is O=C(NC1(C(=O)O)CCSCC1)c1ccc(COc2ccc(F)cc2)o1. The average Bonchev–Trinajstić information content (AvgIpc) is 3.11. The molecule has 0 radical (unpaired) electrons. The number of amides is 1. The van der Waals surface area contributed by atoms with Crippen LogP contribution in [0.4, 0.5) is 4.39 Å². The lowest BCUT2D eigenvalue weighted by Gasteiger charge is -2.33. The number of carbonyl (C=O) groups is 2. The smallest absolute Gasteiger partial charge is 0.329 e. The maximum absolute atomic E-state index is 12.9. The summed E-state index contributed by atoms with van der Waals surface area (Å²) in [4.78, 5) is 24.0. The topological polar surface area (TPSA) is 88.8 Å². The predicted octanol–water partition coefficient (Wildman–Crippen LogP) is 3.08. The first-order valence-corrected chi connectivity index (χ1v) is 9.25. The van der Waals surface area contributed by atoms with Gasteiger partial charge in [0.2, 0.25) is 0 Å². The van der Waals surface area contributed by atoms with Crippen LogP contribution < -0.4 is 10.1 Å². The first-order valence-electron chi connectivity index (χ1n) is 8.09. The van der Waals surface area contributed by atoms with Crippen molar-refractivity contribution in [2.45, 2.75) is 25.0 Å². The highest BCUT2D eigenvalue weighted by Crippen LogP contribution is 2.28. The summed E-state index contributed by atoms with van der Waals surface area (Å²) in [7, 11) is 0. The summed E-state index contributed by atoms with van der Waals surface area (Å²) in [5.74, 6) is 0.318. The van der Waals surface area contributed by atoms with E-state index in [1.54, 1.807) is 17.8 Å². The van der Waals surface area contributed by atoms with E-state index in [9.17, 15) is 19.1 Å². The molecular formula is C18H18FNO5S. The molecule has 1 aliphatic rings. The summed E-state index contributed by atoms with van der Waals surface area (Å²) in [6, 6.07) is 8.61. The molecule has 0 atom stereocenters. The zero-order valence-corrected chi connectivity index (χ0v) is 14.7. The Labute approximate surface area is 153 Å². The van der Waals surface area contributed by atoms with Gasteiger partial charge in [-0.05, 0) is 60.7 Å². The lowest BCUT2D eigenvalue weighted by Crippen LogP contribution is -2.56. The highest BCUT2D eigenvalue weighted by Gasteiger charge is 2.41. The van der Waals surface area contributed by atoms with Crippen LogP contribution in [-0.4, -0.2) is 34.0 Å². The van der Waals surface area contributed by atoms with E-state index < -0.39 is 17.4 Å². The van der Waals surface area contributed by atoms with Crippen molar-refractivity contribution < 1.29 is 28.2 Å². The van der Waals surface area contributed by atoms with Gasteiger partial charge in [-0.3, -0.25) is 4.79 Å². The van der Waals surface area contributed by atoms with Crippen LogP contribution in [0.15, 0.2) is 40.8 Å². The number of carboxylic acids is 1. The quantitative estimate of drug-likeness (QED) is 0.802. The zero-order chi connectivity index (χ0) is 18.6. The van der Waals surface area contributed by atoms with Crippen molar-refractivity contribution in [1.82, 2.24) is 5.32 Å². The third-order valence-corrected chi connectivity index (χ3v) is 5.17. The molecule has 1 saturated heterocycles. The minimum Gasteiger partial charge on any atom is -0.486 e. The van der Waals surface area contributed by atoms with Crippen molar-refractivity contribution in [3.63, 3.8) is 0 Å². The number of carboxylic acid groups (broad SMARTS) is 1. The molecule has 1 fully saturated rings. The van der Waals surface area contributed by atoms with Gasteiger partial charge in [-0.2, -0.15) is 11.8 Å². The Hall–Kier alpha value is -2.48. The molecule has 0 aliphatic carbocycles. The van der Waals surface area contributed by atoms with E-state index in [0.717, 1.165) is 0 Å². The minimum atomic E-state index is -1.25. The van der Waals surface area contributed by atoms with E-state index >= 15 is 0 Å². The van der Waals surface area contributed by atoms with Gasteiger partial charge in [0.15, 0.2) is 5.76 Å². The molecule has 2 N–H and O–H groups in total.